The quantitative estimate of drug-likeness (QED) is 0.868. The second-order valence-corrected chi connectivity index (χ2v) is 3.53. The predicted octanol–water partition coefficient (Wildman–Crippen LogP) is 1.25. The topological polar surface area (TPSA) is 89.6 Å². The Bertz CT molecular complexity index is 430. The molecule has 0 bridgehead atoms. The summed E-state index contributed by atoms with van der Waals surface area (Å²) in [7, 11) is 1.28. The van der Waals surface area contributed by atoms with Crippen LogP contribution >= 0.6 is 15.9 Å². The number of nitrogens with two attached hydrogens (primary N) is 1. The van der Waals surface area contributed by atoms with Crippen molar-refractivity contribution in [2.45, 2.75) is 0 Å². The monoisotopic (exact) mass is 273 g/mol. The van der Waals surface area contributed by atoms with E-state index in [-0.39, 0.29) is 16.9 Å². The third-order valence-electron chi connectivity index (χ3n) is 1.79. The van der Waals surface area contributed by atoms with Gasteiger partial charge in [-0.1, -0.05) is 0 Å². The fraction of sp³-hybridized carbons (Fsp3) is 0.111. The number of hydrogen-bond donors (Lipinski definition) is 2. The standard InChI is InChI=1S/C9H8BrNO4/c1-15-7-4(8(11)12)2-3-5(10)6(7)9(13)14/h2-3H,1H3,(H2,11,12)(H,13,14). The molecule has 0 unspecified atom stereocenters. The lowest BCUT2D eigenvalue weighted by atomic mass is 10.1. The summed E-state index contributed by atoms with van der Waals surface area (Å²) in [5.41, 5.74) is 5.01. The Hall–Kier alpha value is -1.56. The van der Waals surface area contributed by atoms with Crippen molar-refractivity contribution in [2.24, 2.45) is 5.73 Å². The van der Waals surface area contributed by atoms with Gasteiger partial charge in [-0.2, -0.15) is 0 Å². The number of carboxylic acids is 1. The fourth-order valence-electron chi connectivity index (χ4n) is 1.16. The molecule has 0 spiro atoms. The molecule has 0 aliphatic heterocycles. The van der Waals surface area contributed by atoms with E-state index in [1.165, 1.54) is 19.2 Å². The SMILES string of the molecule is COc1c(C(N)=O)ccc(Br)c1C(=O)O. The molecule has 1 aromatic carbocycles. The first-order chi connectivity index (χ1) is 6.99. The number of carbonyl (C=O) groups is 2. The van der Waals surface area contributed by atoms with E-state index in [1.807, 2.05) is 0 Å². The minimum atomic E-state index is -1.19. The molecule has 0 fully saturated rings. The molecule has 5 nitrogen and oxygen atoms in total. The van der Waals surface area contributed by atoms with E-state index in [2.05, 4.69) is 15.9 Å². The number of aromatic carboxylic acids is 1. The molecular formula is C9H8BrNO4. The van der Waals surface area contributed by atoms with Crippen molar-refractivity contribution in [3.8, 4) is 5.75 Å². The largest absolute Gasteiger partial charge is 0.495 e. The van der Waals surface area contributed by atoms with Gasteiger partial charge in [0, 0.05) is 4.47 Å². The summed E-state index contributed by atoms with van der Waals surface area (Å²) in [4.78, 5) is 21.9. The van der Waals surface area contributed by atoms with Crippen LogP contribution in [0.15, 0.2) is 16.6 Å². The molecule has 0 aliphatic rings. The number of hydrogen-bond acceptors (Lipinski definition) is 3. The number of ether oxygens (including phenoxy) is 1. The van der Waals surface area contributed by atoms with Crippen LogP contribution in [0.2, 0.25) is 0 Å². The molecule has 0 saturated carbocycles. The summed E-state index contributed by atoms with van der Waals surface area (Å²) in [6.07, 6.45) is 0. The van der Waals surface area contributed by atoms with Crippen LogP contribution in [0.5, 0.6) is 5.75 Å². The highest BCUT2D eigenvalue weighted by Gasteiger charge is 2.21. The molecule has 1 aromatic rings. The number of primary amides is 1. The highest BCUT2D eigenvalue weighted by Crippen LogP contribution is 2.30. The van der Waals surface area contributed by atoms with Crippen LogP contribution in [0, 0.1) is 0 Å². The average Bonchev–Trinajstić information content (AvgIpc) is 2.15. The smallest absolute Gasteiger partial charge is 0.340 e. The zero-order valence-electron chi connectivity index (χ0n) is 7.78. The maximum Gasteiger partial charge on any atom is 0.340 e. The molecule has 80 valence electrons. The van der Waals surface area contributed by atoms with E-state index < -0.39 is 11.9 Å². The Labute approximate surface area is 94.0 Å². The number of amides is 1. The molecule has 0 aromatic heterocycles. The van der Waals surface area contributed by atoms with Gasteiger partial charge in [-0.25, -0.2) is 4.79 Å². The minimum absolute atomic E-state index is 0.0376. The average molecular weight is 274 g/mol. The van der Waals surface area contributed by atoms with Crippen molar-refractivity contribution in [2.75, 3.05) is 7.11 Å². The lowest BCUT2D eigenvalue weighted by Gasteiger charge is -2.10. The number of halogens is 1. The van der Waals surface area contributed by atoms with E-state index >= 15 is 0 Å². The van der Waals surface area contributed by atoms with Crippen molar-refractivity contribution >= 4 is 27.8 Å². The molecule has 0 atom stereocenters. The maximum atomic E-state index is 11.0. The second-order valence-electron chi connectivity index (χ2n) is 2.67. The van der Waals surface area contributed by atoms with Gasteiger partial charge in [-0.3, -0.25) is 4.79 Å². The summed E-state index contributed by atoms with van der Waals surface area (Å²) in [6, 6.07) is 2.84. The van der Waals surface area contributed by atoms with E-state index in [4.69, 9.17) is 15.6 Å². The van der Waals surface area contributed by atoms with E-state index in [1.54, 1.807) is 0 Å². The van der Waals surface area contributed by atoms with Gasteiger partial charge in [-0.05, 0) is 28.1 Å². The van der Waals surface area contributed by atoms with Crippen LogP contribution in [0.25, 0.3) is 0 Å². The normalized spacial score (nSPS) is 9.73. The van der Waals surface area contributed by atoms with E-state index in [0.29, 0.717) is 4.47 Å². The molecule has 3 N–H and O–H groups in total. The molecule has 0 heterocycles. The predicted molar refractivity (Wildman–Crippen MR) is 56.2 cm³/mol. The fourth-order valence-corrected chi connectivity index (χ4v) is 1.65. The molecular weight excluding hydrogens is 266 g/mol. The summed E-state index contributed by atoms with van der Waals surface area (Å²) in [5, 5.41) is 8.92. The number of methoxy groups -OCH3 is 1. The van der Waals surface area contributed by atoms with Crippen molar-refractivity contribution in [1.29, 1.82) is 0 Å². The number of benzene rings is 1. The lowest BCUT2D eigenvalue weighted by molar-refractivity contribution is 0.0692. The molecule has 0 aliphatic carbocycles. The van der Waals surface area contributed by atoms with Gasteiger partial charge in [0.15, 0.2) is 0 Å². The van der Waals surface area contributed by atoms with Gasteiger partial charge in [0.1, 0.15) is 11.3 Å². The molecule has 1 rings (SSSR count). The Balaban J connectivity index is 3.54. The number of carboxylic acid groups (broad SMARTS) is 1. The van der Waals surface area contributed by atoms with Crippen molar-refractivity contribution in [1.82, 2.24) is 0 Å². The second kappa shape index (κ2) is 4.31. The third-order valence-corrected chi connectivity index (χ3v) is 2.45. The van der Waals surface area contributed by atoms with Crippen LogP contribution in [-0.4, -0.2) is 24.1 Å². The van der Waals surface area contributed by atoms with E-state index in [9.17, 15) is 9.59 Å². The molecule has 15 heavy (non-hydrogen) atoms. The zero-order valence-corrected chi connectivity index (χ0v) is 9.37. The van der Waals surface area contributed by atoms with Crippen LogP contribution < -0.4 is 10.5 Å². The lowest BCUT2D eigenvalue weighted by Crippen LogP contribution is -2.15. The maximum absolute atomic E-state index is 11.0. The van der Waals surface area contributed by atoms with E-state index in [0.717, 1.165) is 0 Å². The zero-order chi connectivity index (χ0) is 11.6. The van der Waals surface area contributed by atoms with Gasteiger partial charge < -0.3 is 15.6 Å². The summed E-state index contributed by atoms with van der Waals surface area (Å²) in [5.74, 6) is -1.96. The Morgan fingerprint density at radius 2 is 2.07 bits per heavy atom. The van der Waals surface area contributed by atoms with Gasteiger partial charge in [0.2, 0.25) is 0 Å². The third kappa shape index (κ3) is 2.10. The highest BCUT2D eigenvalue weighted by atomic mass is 79.9. The number of rotatable bonds is 3. The molecule has 0 saturated heterocycles. The van der Waals surface area contributed by atoms with Gasteiger partial charge >= 0.3 is 5.97 Å². The number of carbonyl (C=O) groups excluding carboxylic acids is 1. The Morgan fingerprint density at radius 1 is 1.47 bits per heavy atom. The Kier molecular flexibility index (Phi) is 3.31. The van der Waals surface area contributed by atoms with Crippen molar-refractivity contribution in [3.05, 3.63) is 27.7 Å². The first-order valence-electron chi connectivity index (χ1n) is 3.88. The van der Waals surface area contributed by atoms with Gasteiger partial charge in [-0.15, -0.1) is 0 Å². The van der Waals surface area contributed by atoms with Crippen molar-refractivity contribution in [3.63, 3.8) is 0 Å². The Morgan fingerprint density at radius 3 is 2.47 bits per heavy atom. The summed E-state index contributed by atoms with van der Waals surface area (Å²) < 4.78 is 5.20. The van der Waals surface area contributed by atoms with Crippen LogP contribution in [0.1, 0.15) is 20.7 Å². The van der Waals surface area contributed by atoms with Crippen LogP contribution in [0.4, 0.5) is 0 Å². The van der Waals surface area contributed by atoms with Gasteiger partial charge in [0.05, 0.1) is 12.7 Å². The first kappa shape index (κ1) is 11.5. The molecule has 0 radical (unpaired) electrons. The van der Waals surface area contributed by atoms with Crippen LogP contribution in [0.3, 0.4) is 0 Å². The highest BCUT2D eigenvalue weighted by molar-refractivity contribution is 9.10. The molecule has 6 heteroatoms. The van der Waals surface area contributed by atoms with Crippen LogP contribution in [-0.2, 0) is 0 Å². The minimum Gasteiger partial charge on any atom is -0.495 e. The summed E-state index contributed by atoms with van der Waals surface area (Å²) in [6.45, 7) is 0. The first-order valence-corrected chi connectivity index (χ1v) is 4.68. The molecule has 1 amide bonds. The van der Waals surface area contributed by atoms with Gasteiger partial charge in [0.25, 0.3) is 5.91 Å². The summed E-state index contributed by atoms with van der Waals surface area (Å²) >= 11 is 3.06. The van der Waals surface area contributed by atoms with Crippen molar-refractivity contribution < 1.29 is 19.4 Å².